The van der Waals surface area contributed by atoms with Gasteiger partial charge in [-0.05, 0) is 64.8 Å². The Balaban J connectivity index is 2.25. The number of halogens is 2. The third kappa shape index (κ3) is 3.28. The minimum Gasteiger partial charge on any atom is -0.399 e. The molecule has 5 heteroatoms. The first-order valence-corrected chi connectivity index (χ1v) is 6.77. The number of aryl methyl sites for hydroxylation is 1. The summed E-state index contributed by atoms with van der Waals surface area (Å²) in [6.45, 7) is 1.85. The number of nitrogens with one attached hydrogen (secondary N) is 1. The smallest absolute Gasteiger partial charge is 0.255 e. The van der Waals surface area contributed by atoms with Crippen LogP contribution in [0.15, 0.2) is 40.9 Å². The van der Waals surface area contributed by atoms with Gasteiger partial charge in [0.2, 0.25) is 0 Å². The topological polar surface area (TPSA) is 55.1 Å². The number of rotatable bonds is 2. The van der Waals surface area contributed by atoms with Crippen LogP contribution >= 0.6 is 27.5 Å². The molecule has 2 aromatic carbocycles. The molecule has 3 nitrogen and oxygen atoms in total. The fourth-order valence-corrected chi connectivity index (χ4v) is 2.50. The molecule has 1 amide bonds. The molecule has 2 rings (SSSR count). The molecule has 0 unspecified atom stereocenters. The van der Waals surface area contributed by atoms with Crippen LogP contribution in [-0.4, -0.2) is 5.91 Å². The average Bonchev–Trinajstić information content (AvgIpc) is 2.32. The minimum atomic E-state index is -0.180. The number of anilines is 2. The summed E-state index contributed by atoms with van der Waals surface area (Å²) in [7, 11) is 0. The molecule has 19 heavy (non-hydrogen) atoms. The van der Waals surface area contributed by atoms with Crippen molar-refractivity contribution in [2.24, 2.45) is 0 Å². The van der Waals surface area contributed by atoms with Gasteiger partial charge in [0.05, 0.1) is 5.69 Å². The highest BCUT2D eigenvalue weighted by Crippen LogP contribution is 2.26. The van der Waals surface area contributed by atoms with Gasteiger partial charge in [-0.15, -0.1) is 0 Å². The quantitative estimate of drug-likeness (QED) is 0.804. The predicted molar refractivity (Wildman–Crippen MR) is 82.7 cm³/mol. The fourth-order valence-electron chi connectivity index (χ4n) is 1.72. The lowest BCUT2D eigenvalue weighted by atomic mass is 10.1. The molecule has 0 heterocycles. The van der Waals surface area contributed by atoms with Gasteiger partial charge in [-0.2, -0.15) is 0 Å². The summed E-state index contributed by atoms with van der Waals surface area (Å²) in [4.78, 5) is 12.2. The van der Waals surface area contributed by atoms with E-state index in [0.717, 1.165) is 10.0 Å². The number of nitrogens with two attached hydrogens (primary N) is 1. The maximum atomic E-state index is 12.2. The van der Waals surface area contributed by atoms with Crippen molar-refractivity contribution >= 4 is 44.8 Å². The summed E-state index contributed by atoms with van der Waals surface area (Å²) in [5.41, 5.74) is 8.41. The van der Waals surface area contributed by atoms with E-state index in [1.54, 1.807) is 36.4 Å². The first kappa shape index (κ1) is 13.9. The molecule has 0 saturated heterocycles. The van der Waals surface area contributed by atoms with Gasteiger partial charge in [0.1, 0.15) is 0 Å². The van der Waals surface area contributed by atoms with E-state index in [1.807, 2.05) is 6.92 Å². The highest BCUT2D eigenvalue weighted by Gasteiger charge is 2.11. The second-order valence-corrected chi connectivity index (χ2v) is 5.44. The van der Waals surface area contributed by atoms with Gasteiger partial charge >= 0.3 is 0 Å². The Morgan fingerprint density at radius 2 is 2.00 bits per heavy atom. The molecule has 3 N–H and O–H groups in total. The number of carbonyl (C=O) groups excluding carboxylic acids is 1. The third-order valence-electron chi connectivity index (χ3n) is 2.67. The van der Waals surface area contributed by atoms with Crippen LogP contribution in [-0.2, 0) is 0 Å². The normalized spacial score (nSPS) is 10.3. The van der Waals surface area contributed by atoms with E-state index in [4.69, 9.17) is 17.3 Å². The highest BCUT2D eigenvalue weighted by atomic mass is 79.9. The van der Waals surface area contributed by atoms with Crippen LogP contribution in [0.5, 0.6) is 0 Å². The van der Waals surface area contributed by atoms with Crippen molar-refractivity contribution in [1.29, 1.82) is 0 Å². The Labute approximate surface area is 124 Å². The van der Waals surface area contributed by atoms with Gasteiger partial charge < -0.3 is 11.1 Å². The summed E-state index contributed by atoms with van der Waals surface area (Å²) >= 11 is 9.22. The van der Waals surface area contributed by atoms with E-state index in [-0.39, 0.29) is 5.91 Å². The number of carbonyl (C=O) groups is 1. The van der Waals surface area contributed by atoms with Crippen LogP contribution in [0.3, 0.4) is 0 Å². The molecule has 0 aliphatic heterocycles. The Hall–Kier alpha value is -1.52. The van der Waals surface area contributed by atoms with Crippen molar-refractivity contribution in [3.63, 3.8) is 0 Å². The summed E-state index contributed by atoms with van der Waals surface area (Å²) in [5, 5.41) is 3.43. The van der Waals surface area contributed by atoms with Crippen molar-refractivity contribution in [2.75, 3.05) is 11.1 Å². The predicted octanol–water partition coefficient (Wildman–Crippen LogP) is 4.25. The SMILES string of the molecule is Cc1cc(N)ccc1C(=O)Nc1ccc(Cl)cc1Br. The molecule has 0 aromatic heterocycles. The van der Waals surface area contributed by atoms with E-state index in [1.165, 1.54) is 0 Å². The van der Waals surface area contributed by atoms with Crippen molar-refractivity contribution in [1.82, 2.24) is 0 Å². The van der Waals surface area contributed by atoms with Gasteiger partial charge in [-0.3, -0.25) is 4.79 Å². The third-order valence-corrected chi connectivity index (χ3v) is 3.57. The van der Waals surface area contributed by atoms with Gasteiger partial charge in [0, 0.05) is 20.7 Å². The average molecular weight is 340 g/mol. The first-order valence-electron chi connectivity index (χ1n) is 5.60. The summed E-state index contributed by atoms with van der Waals surface area (Å²) < 4.78 is 0.737. The monoisotopic (exact) mass is 338 g/mol. The molecule has 0 aliphatic rings. The van der Waals surface area contributed by atoms with Crippen LogP contribution in [0.2, 0.25) is 5.02 Å². The summed E-state index contributed by atoms with van der Waals surface area (Å²) in [6, 6.07) is 10.4. The fraction of sp³-hybridized carbons (Fsp3) is 0.0714. The number of benzene rings is 2. The molecule has 0 saturated carbocycles. The van der Waals surface area contributed by atoms with Crippen molar-refractivity contribution in [3.8, 4) is 0 Å². The van der Waals surface area contributed by atoms with Crippen molar-refractivity contribution < 1.29 is 4.79 Å². The van der Waals surface area contributed by atoms with Crippen molar-refractivity contribution in [3.05, 3.63) is 57.0 Å². The lowest BCUT2D eigenvalue weighted by Crippen LogP contribution is -2.13. The summed E-state index contributed by atoms with van der Waals surface area (Å²) in [5.74, 6) is -0.180. The second-order valence-electron chi connectivity index (χ2n) is 4.15. The molecule has 2 aromatic rings. The zero-order chi connectivity index (χ0) is 14.0. The zero-order valence-electron chi connectivity index (χ0n) is 10.2. The Bertz CT molecular complexity index is 643. The van der Waals surface area contributed by atoms with Crippen LogP contribution < -0.4 is 11.1 Å². The van der Waals surface area contributed by atoms with Crippen LogP contribution in [0.1, 0.15) is 15.9 Å². The van der Waals surface area contributed by atoms with Gasteiger partial charge in [0.15, 0.2) is 0 Å². The van der Waals surface area contributed by atoms with Gasteiger partial charge in [-0.25, -0.2) is 0 Å². The summed E-state index contributed by atoms with van der Waals surface area (Å²) in [6.07, 6.45) is 0. The van der Waals surface area contributed by atoms with E-state index in [0.29, 0.717) is 22.0 Å². The number of amides is 1. The van der Waals surface area contributed by atoms with Crippen LogP contribution in [0, 0.1) is 6.92 Å². The second kappa shape index (κ2) is 5.63. The van der Waals surface area contributed by atoms with Crippen molar-refractivity contribution in [2.45, 2.75) is 6.92 Å². The first-order chi connectivity index (χ1) is 8.97. The minimum absolute atomic E-state index is 0.180. The Kier molecular flexibility index (Phi) is 4.12. The van der Waals surface area contributed by atoms with Gasteiger partial charge in [-0.1, -0.05) is 11.6 Å². The molecule has 0 bridgehead atoms. The molecule has 0 aliphatic carbocycles. The molecular weight excluding hydrogens is 328 g/mol. The number of hydrogen-bond donors (Lipinski definition) is 2. The van der Waals surface area contributed by atoms with Gasteiger partial charge in [0.25, 0.3) is 5.91 Å². The highest BCUT2D eigenvalue weighted by molar-refractivity contribution is 9.10. The maximum Gasteiger partial charge on any atom is 0.255 e. The maximum absolute atomic E-state index is 12.2. The largest absolute Gasteiger partial charge is 0.399 e. The molecule has 0 spiro atoms. The van der Waals surface area contributed by atoms with Crippen LogP contribution in [0.25, 0.3) is 0 Å². The van der Waals surface area contributed by atoms with E-state index >= 15 is 0 Å². The molecule has 0 fully saturated rings. The Morgan fingerprint density at radius 1 is 1.26 bits per heavy atom. The molecular formula is C14H12BrClN2O. The molecule has 98 valence electrons. The molecule has 0 radical (unpaired) electrons. The van der Waals surface area contributed by atoms with E-state index in [9.17, 15) is 4.79 Å². The lowest BCUT2D eigenvalue weighted by molar-refractivity contribution is 0.102. The zero-order valence-corrected chi connectivity index (χ0v) is 12.5. The molecule has 0 atom stereocenters. The Morgan fingerprint density at radius 3 is 2.63 bits per heavy atom. The standard InChI is InChI=1S/C14H12BrClN2O/c1-8-6-10(17)3-4-11(8)14(19)18-13-5-2-9(16)7-12(13)15/h2-7H,17H2,1H3,(H,18,19). The van der Waals surface area contributed by atoms with Crippen LogP contribution in [0.4, 0.5) is 11.4 Å². The number of nitrogen functional groups attached to an aromatic ring is 1. The van der Waals surface area contributed by atoms with E-state index < -0.39 is 0 Å². The number of hydrogen-bond acceptors (Lipinski definition) is 2. The van der Waals surface area contributed by atoms with E-state index in [2.05, 4.69) is 21.2 Å². The lowest BCUT2D eigenvalue weighted by Gasteiger charge is -2.10.